The molecule has 28 heavy (non-hydrogen) atoms. The highest BCUT2D eigenvalue weighted by atomic mass is 35.5. The van der Waals surface area contributed by atoms with Crippen LogP contribution in [0.3, 0.4) is 0 Å². The molecule has 7 heteroatoms. The largest absolute Gasteiger partial charge is 0.324 e. The van der Waals surface area contributed by atoms with E-state index in [2.05, 4.69) is 5.32 Å². The van der Waals surface area contributed by atoms with Crippen LogP contribution in [0.5, 0.6) is 0 Å². The average Bonchev–Trinajstić information content (AvgIpc) is 2.89. The van der Waals surface area contributed by atoms with Gasteiger partial charge in [0.25, 0.3) is 11.8 Å². The Labute approximate surface area is 173 Å². The van der Waals surface area contributed by atoms with Crippen molar-refractivity contribution in [3.8, 4) is 0 Å². The molecule has 2 aromatic carbocycles. The number of rotatable bonds is 6. The first-order valence-corrected chi connectivity index (χ1v) is 9.83. The first-order chi connectivity index (χ1) is 13.3. The predicted octanol–water partition coefficient (Wildman–Crippen LogP) is 5.10. The van der Waals surface area contributed by atoms with Crippen LogP contribution in [0.15, 0.2) is 36.4 Å². The van der Waals surface area contributed by atoms with Gasteiger partial charge in [0.15, 0.2) is 0 Å². The standard InChI is InChI=1S/C21H20Cl2N2O3/c1-3-4-5-18(19(26)24-13-8-6-12(2)7-9-13)25-20(27)14-10-16(22)17(23)11-15(14)21(25)28/h6-11,18H,3-5H2,1-2H3,(H,24,26). The van der Waals surface area contributed by atoms with Crippen molar-refractivity contribution in [2.45, 2.75) is 39.2 Å². The van der Waals surface area contributed by atoms with E-state index in [0.717, 1.165) is 16.9 Å². The van der Waals surface area contributed by atoms with Crippen LogP contribution in [0, 0.1) is 6.92 Å². The Kier molecular flexibility index (Phi) is 6.06. The van der Waals surface area contributed by atoms with Gasteiger partial charge in [-0.2, -0.15) is 0 Å². The van der Waals surface area contributed by atoms with E-state index in [1.165, 1.54) is 12.1 Å². The van der Waals surface area contributed by atoms with Crippen LogP contribution in [-0.2, 0) is 4.79 Å². The monoisotopic (exact) mass is 418 g/mol. The summed E-state index contributed by atoms with van der Waals surface area (Å²) >= 11 is 12.0. The maximum absolute atomic E-state index is 13.0. The number of nitrogens with one attached hydrogen (secondary N) is 1. The Hall–Kier alpha value is -2.37. The summed E-state index contributed by atoms with van der Waals surface area (Å²) in [7, 11) is 0. The predicted molar refractivity (Wildman–Crippen MR) is 110 cm³/mol. The Balaban J connectivity index is 1.91. The molecule has 1 heterocycles. The highest BCUT2D eigenvalue weighted by molar-refractivity contribution is 6.43. The second-order valence-electron chi connectivity index (χ2n) is 6.81. The van der Waals surface area contributed by atoms with Crippen LogP contribution in [0.25, 0.3) is 0 Å². The number of benzene rings is 2. The van der Waals surface area contributed by atoms with E-state index in [9.17, 15) is 14.4 Å². The Morgan fingerprint density at radius 1 is 1.04 bits per heavy atom. The van der Waals surface area contributed by atoms with Gasteiger partial charge in [0.1, 0.15) is 6.04 Å². The number of fused-ring (bicyclic) bond motifs is 1. The number of carbonyl (C=O) groups excluding carboxylic acids is 3. The van der Waals surface area contributed by atoms with Crippen LogP contribution in [0.2, 0.25) is 10.0 Å². The van der Waals surface area contributed by atoms with Crippen LogP contribution in [0.4, 0.5) is 5.69 Å². The molecule has 0 saturated heterocycles. The maximum atomic E-state index is 13.0. The van der Waals surface area contributed by atoms with Crippen LogP contribution >= 0.6 is 23.2 Å². The van der Waals surface area contributed by atoms with Gasteiger partial charge in [0, 0.05) is 5.69 Å². The number of unbranched alkanes of at least 4 members (excludes halogenated alkanes) is 1. The van der Waals surface area contributed by atoms with Gasteiger partial charge in [-0.05, 0) is 37.6 Å². The van der Waals surface area contributed by atoms with Crippen molar-refractivity contribution in [2.24, 2.45) is 0 Å². The fraction of sp³-hybridized carbons (Fsp3) is 0.286. The van der Waals surface area contributed by atoms with Crippen molar-refractivity contribution in [3.63, 3.8) is 0 Å². The van der Waals surface area contributed by atoms with Gasteiger partial charge >= 0.3 is 0 Å². The van der Waals surface area contributed by atoms with Crippen molar-refractivity contribution in [1.29, 1.82) is 0 Å². The number of hydrogen-bond acceptors (Lipinski definition) is 3. The fourth-order valence-electron chi connectivity index (χ4n) is 3.17. The summed E-state index contributed by atoms with van der Waals surface area (Å²) in [6, 6.07) is 9.18. The van der Waals surface area contributed by atoms with Crippen molar-refractivity contribution < 1.29 is 14.4 Å². The second-order valence-corrected chi connectivity index (χ2v) is 7.62. The lowest BCUT2D eigenvalue weighted by Crippen LogP contribution is -2.47. The summed E-state index contributed by atoms with van der Waals surface area (Å²) in [6.07, 6.45) is 1.90. The Morgan fingerprint density at radius 2 is 1.57 bits per heavy atom. The first kappa shape index (κ1) is 20.4. The number of amides is 3. The maximum Gasteiger partial charge on any atom is 0.262 e. The molecule has 3 rings (SSSR count). The molecule has 0 bridgehead atoms. The number of carbonyl (C=O) groups is 3. The van der Waals surface area contributed by atoms with Crippen molar-refractivity contribution in [3.05, 3.63) is 63.1 Å². The summed E-state index contributed by atoms with van der Waals surface area (Å²) in [5.74, 6) is -1.46. The van der Waals surface area contributed by atoms with Gasteiger partial charge in [-0.25, -0.2) is 0 Å². The molecule has 1 atom stereocenters. The molecule has 1 N–H and O–H groups in total. The van der Waals surface area contributed by atoms with E-state index in [4.69, 9.17) is 23.2 Å². The lowest BCUT2D eigenvalue weighted by atomic mass is 10.1. The van der Waals surface area contributed by atoms with Gasteiger partial charge in [0.2, 0.25) is 5.91 Å². The lowest BCUT2D eigenvalue weighted by molar-refractivity contribution is -0.120. The normalized spacial score (nSPS) is 14.2. The molecule has 0 spiro atoms. The Bertz CT molecular complexity index is 900. The van der Waals surface area contributed by atoms with E-state index in [1.54, 1.807) is 12.1 Å². The average molecular weight is 419 g/mol. The molecule has 0 fully saturated rings. The number of anilines is 1. The van der Waals surface area contributed by atoms with Gasteiger partial charge in [-0.15, -0.1) is 0 Å². The van der Waals surface area contributed by atoms with Crippen molar-refractivity contribution in [2.75, 3.05) is 5.32 Å². The molecular formula is C21H20Cl2N2O3. The third-order valence-electron chi connectivity index (χ3n) is 4.72. The molecule has 0 radical (unpaired) electrons. The van der Waals surface area contributed by atoms with Gasteiger partial charge in [-0.1, -0.05) is 60.7 Å². The lowest BCUT2D eigenvalue weighted by Gasteiger charge is -2.25. The fourth-order valence-corrected chi connectivity index (χ4v) is 3.50. The third kappa shape index (κ3) is 3.91. The van der Waals surface area contributed by atoms with E-state index >= 15 is 0 Å². The molecule has 1 aliphatic heterocycles. The molecule has 146 valence electrons. The second kappa shape index (κ2) is 8.33. The number of aryl methyl sites for hydroxylation is 1. The van der Waals surface area contributed by atoms with Crippen LogP contribution in [-0.4, -0.2) is 28.7 Å². The zero-order chi connectivity index (χ0) is 20.4. The Morgan fingerprint density at radius 3 is 2.07 bits per heavy atom. The summed E-state index contributed by atoms with van der Waals surface area (Å²) in [6.45, 7) is 3.93. The van der Waals surface area contributed by atoms with Crippen molar-refractivity contribution in [1.82, 2.24) is 4.90 Å². The molecule has 0 aliphatic carbocycles. The van der Waals surface area contributed by atoms with Crippen molar-refractivity contribution >= 4 is 46.6 Å². The van der Waals surface area contributed by atoms with Gasteiger partial charge < -0.3 is 5.32 Å². The number of imide groups is 1. The number of halogens is 2. The highest BCUT2D eigenvalue weighted by Gasteiger charge is 2.43. The smallest absolute Gasteiger partial charge is 0.262 e. The van der Waals surface area contributed by atoms with Crippen LogP contribution in [0.1, 0.15) is 52.5 Å². The highest BCUT2D eigenvalue weighted by Crippen LogP contribution is 2.33. The van der Waals surface area contributed by atoms with E-state index in [1.807, 2.05) is 26.0 Å². The summed E-state index contributed by atoms with van der Waals surface area (Å²) in [4.78, 5) is 39.8. The number of hydrogen-bond donors (Lipinski definition) is 1. The molecule has 1 unspecified atom stereocenters. The van der Waals surface area contributed by atoms with Gasteiger partial charge in [-0.3, -0.25) is 19.3 Å². The number of nitrogens with zero attached hydrogens (tertiary/aromatic N) is 1. The molecule has 0 saturated carbocycles. The molecule has 0 aromatic heterocycles. The SMILES string of the molecule is CCCCC(C(=O)Nc1ccc(C)cc1)N1C(=O)c2cc(Cl)c(Cl)cc2C1=O. The summed E-state index contributed by atoms with van der Waals surface area (Å²) in [5.41, 5.74) is 2.02. The van der Waals surface area contributed by atoms with E-state index in [-0.39, 0.29) is 21.2 Å². The quantitative estimate of drug-likeness (QED) is 0.663. The minimum atomic E-state index is -0.911. The van der Waals surface area contributed by atoms with E-state index in [0.29, 0.717) is 18.5 Å². The zero-order valence-electron chi connectivity index (χ0n) is 15.6. The zero-order valence-corrected chi connectivity index (χ0v) is 17.1. The van der Waals surface area contributed by atoms with Gasteiger partial charge in [0.05, 0.1) is 21.2 Å². The molecule has 2 aromatic rings. The topological polar surface area (TPSA) is 66.5 Å². The molecular weight excluding hydrogens is 399 g/mol. The minimum absolute atomic E-state index is 0.170. The third-order valence-corrected chi connectivity index (χ3v) is 5.45. The molecule has 1 aliphatic rings. The van der Waals surface area contributed by atoms with E-state index < -0.39 is 23.8 Å². The van der Waals surface area contributed by atoms with Crippen LogP contribution < -0.4 is 5.32 Å². The first-order valence-electron chi connectivity index (χ1n) is 9.08. The minimum Gasteiger partial charge on any atom is -0.324 e. The summed E-state index contributed by atoms with van der Waals surface area (Å²) in [5, 5.41) is 3.19. The molecule has 3 amide bonds. The summed E-state index contributed by atoms with van der Waals surface area (Å²) < 4.78 is 0. The molecule has 5 nitrogen and oxygen atoms in total.